The summed E-state index contributed by atoms with van der Waals surface area (Å²) in [5, 5.41) is 0. The summed E-state index contributed by atoms with van der Waals surface area (Å²) in [5.41, 5.74) is 18.0. The molecule has 290 valence electrons. The van der Waals surface area contributed by atoms with Gasteiger partial charge in [0.2, 0.25) is 0 Å². The maximum absolute atomic E-state index is 6.70. The van der Waals surface area contributed by atoms with Crippen molar-refractivity contribution in [1.29, 1.82) is 0 Å². The van der Waals surface area contributed by atoms with Crippen LogP contribution in [0.4, 0.5) is 0 Å². The van der Waals surface area contributed by atoms with Crippen LogP contribution in [0.25, 0.3) is 78.5 Å². The van der Waals surface area contributed by atoms with E-state index in [1.54, 1.807) is 0 Å². The number of nitrogens with zero attached hydrogens (tertiary/aromatic N) is 3. The molecule has 62 heavy (non-hydrogen) atoms. The highest BCUT2D eigenvalue weighted by Gasteiger charge is 2.51. The molecule has 0 bridgehead atoms. The van der Waals surface area contributed by atoms with Crippen LogP contribution in [-0.4, -0.2) is 15.0 Å². The van der Waals surface area contributed by atoms with Gasteiger partial charge >= 0.3 is 0 Å². The molecule has 0 saturated heterocycles. The van der Waals surface area contributed by atoms with E-state index in [9.17, 15) is 0 Å². The van der Waals surface area contributed by atoms with E-state index in [0.29, 0.717) is 5.82 Å². The van der Waals surface area contributed by atoms with Crippen molar-refractivity contribution in [3.8, 4) is 90.0 Å². The first kappa shape index (κ1) is 35.7. The second kappa shape index (κ2) is 14.5. The van der Waals surface area contributed by atoms with Gasteiger partial charge in [0.15, 0.2) is 5.82 Å². The van der Waals surface area contributed by atoms with E-state index in [1.807, 2.05) is 54.7 Å². The smallest absolute Gasteiger partial charge is 0.160 e. The Morgan fingerprint density at radius 2 is 0.790 bits per heavy atom. The highest BCUT2D eigenvalue weighted by Crippen LogP contribution is 2.62. The maximum atomic E-state index is 6.70. The van der Waals surface area contributed by atoms with Crippen molar-refractivity contribution >= 4 is 0 Å². The van der Waals surface area contributed by atoms with Crippen molar-refractivity contribution in [1.82, 2.24) is 15.0 Å². The van der Waals surface area contributed by atoms with E-state index >= 15 is 0 Å². The van der Waals surface area contributed by atoms with Crippen LogP contribution in [-0.2, 0) is 5.41 Å². The first-order valence-electron chi connectivity index (χ1n) is 21.0. The quantitative estimate of drug-likeness (QED) is 0.168. The molecular weight excluding hydrogens is 755 g/mol. The SMILES string of the molecule is c1ccc(-c2cc(-c3ccccc3)nc(-c3ccc(-c4ccc5c(c4)C4(c6ccccc6Oc6ccccc64)c4cc(-c6cccc(-c7ccccn7)c6)ccc4-5)cc3)n2)cc1. The van der Waals surface area contributed by atoms with Crippen molar-refractivity contribution in [2.75, 3.05) is 0 Å². The van der Waals surface area contributed by atoms with Crippen molar-refractivity contribution in [2.45, 2.75) is 5.41 Å². The van der Waals surface area contributed by atoms with Gasteiger partial charge in [-0.05, 0) is 93.0 Å². The minimum atomic E-state index is -0.625. The highest BCUT2D eigenvalue weighted by atomic mass is 16.5. The standard InChI is InChI=1S/C58H37N3O/c1-3-14-39(15-4-1)53-37-54(40-16-5-2-6-17-40)61-57(60-53)41-27-25-38(26-28-41)43-29-31-46-47-32-30-44(42-18-13-19-45(34-42)52-22-11-12-33-59-52)36-51(47)58(50(46)35-43)48-20-7-9-23-55(48)62-56-24-10-8-21-49(56)58/h1-37H. The van der Waals surface area contributed by atoms with Crippen LogP contribution >= 0.6 is 0 Å². The van der Waals surface area contributed by atoms with Gasteiger partial charge in [0, 0.05) is 39.6 Å². The number of pyridine rings is 1. The van der Waals surface area contributed by atoms with Gasteiger partial charge in [-0.2, -0.15) is 0 Å². The van der Waals surface area contributed by atoms with Crippen LogP contribution in [0.15, 0.2) is 225 Å². The van der Waals surface area contributed by atoms with Crippen molar-refractivity contribution in [3.63, 3.8) is 0 Å². The zero-order valence-electron chi connectivity index (χ0n) is 33.6. The summed E-state index contributed by atoms with van der Waals surface area (Å²) >= 11 is 0. The zero-order chi connectivity index (χ0) is 41.0. The Labute approximate surface area is 360 Å². The van der Waals surface area contributed by atoms with E-state index in [-0.39, 0.29) is 0 Å². The van der Waals surface area contributed by atoms with Crippen LogP contribution in [0, 0.1) is 0 Å². The number of rotatable bonds is 6. The average Bonchev–Trinajstić information content (AvgIpc) is 3.64. The van der Waals surface area contributed by atoms with Gasteiger partial charge in [-0.15, -0.1) is 0 Å². The molecule has 3 heterocycles. The largest absolute Gasteiger partial charge is 0.457 e. The third-order valence-corrected chi connectivity index (χ3v) is 12.4. The summed E-state index contributed by atoms with van der Waals surface area (Å²) in [6.07, 6.45) is 1.85. The van der Waals surface area contributed by atoms with Gasteiger partial charge in [-0.3, -0.25) is 4.98 Å². The molecule has 4 heteroatoms. The molecule has 1 aliphatic heterocycles. The Balaban J connectivity index is 1.00. The van der Waals surface area contributed by atoms with Gasteiger partial charge in [0.05, 0.1) is 22.5 Å². The normalized spacial score (nSPS) is 12.8. The molecule has 0 saturated carbocycles. The fourth-order valence-corrected chi connectivity index (χ4v) is 9.55. The Hall–Kier alpha value is -8.21. The Morgan fingerprint density at radius 1 is 0.306 bits per heavy atom. The Kier molecular flexibility index (Phi) is 8.36. The average molecular weight is 792 g/mol. The van der Waals surface area contributed by atoms with Gasteiger partial charge in [0.25, 0.3) is 0 Å². The van der Waals surface area contributed by atoms with Crippen molar-refractivity contribution in [3.05, 3.63) is 247 Å². The second-order valence-electron chi connectivity index (χ2n) is 15.9. The maximum Gasteiger partial charge on any atom is 0.160 e. The molecule has 8 aromatic carbocycles. The van der Waals surface area contributed by atoms with Crippen LogP contribution in [0.1, 0.15) is 22.3 Å². The predicted octanol–water partition coefficient (Wildman–Crippen LogP) is 14.3. The molecule has 0 unspecified atom stereocenters. The fourth-order valence-electron chi connectivity index (χ4n) is 9.55. The third-order valence-electron chi connectivity index (χ3n) is 12.4. The first-order valence-corrected chi connectivity index (χ1v) is 21.0. The fraction of sp³-hybridized carbons (Fsp3) is 0.0172. The van der Waals surface area contributed by atoms with Gasteiger partial charge < -0.3 is 4.74 Å². The lowest BCUT2D eigenvalue weighted by molar-refractivity contribution is 0.436. The molecule has 0 amide bonds. The van der Waals surface area contributed by atoms with Crippen LogP contribution < -0.4 is 4.74 Å². The number of para-hydroxylation sites is 2. The van der Waals surface area contributed by atoms with E-state index in [1.165, 1.54) is 22.3 Å². The van der Waals surface area contributed by atoms with Gasteiger partial charge in [-0.1, -0.05) is 170 Å². The summed E-state index contributed by atoms with van der Waals surface area (Å²) in [4.78, 5) is 14.8. The molecule has 12 rings (SSSR count). The third kappa shape index (κ3) is 5.80. The van der Waals surface area contributed by atoms with Crippen molar-refractivity contribution in [2.24, 2.45) is 0 Å². The number of hydrogen-bond acceptors (Lipinski definition) is 4. The van der Waals surface area contributed by atoms with E-state index in [2.05, 4.69) is 175 Å². The zero-order valence-corrected chi connectivity index (χ0v) is 33.6. The summed E-state index contributed by atoms with van der Waals surface area (Å²) < 4.78 is 6.70. The summed E-state index contributed by atoms with van der Waals surface area (Å²) in [6.45, 7) is 0. The molecule has 2 aromatic heterocycles. The van der Waals surface area contributed by atoms with Crippen molar-refractivity contribution < 1.29 is 4.74 Å². The number of fused-ring (bicyclic) bond motifs is 9. The van der Waals surface area contributed by atoms with E-state index in [0.717, 1.165) is 84.2 Å². The lowest BCUT2D eigenvalue weighted by Crippen LogP contribution is -2.32. The number of aromatic nitrogens is 3. The molecule has 10 aromatic rings. The highest BCUT2D eigenvalue weighted by molar-refractivity contribution is 5.92. The first-order chi connectivity index (χ1) is 30.7. The minimum absolute atomic E-state index is 0.625. The summed E-state index contributed by atoms with van der Waals surface area (Å²) in [7, 11) is 0. The van der Waals surface area contributed by atoms with Gasteiger partial charge in [-0.25, -0.2) is 9.97 Å². The second-order valence-corrected chi connectivity index (χ2v) is 15.9. The lowest BCUT2D eigenvalue weighted by Gasteiger charge is -2.39. The molecule has 1 spiro atoms. The molecule has 0 atom stereocenters. The predicted molar refractivity (Wildman–Crippen MR) is 250 cm³/mol. The summed E-state index contributed by atoms with van der Waals surface area (Å²) in [5.74, 6) is 2.43. The molecule has 1 aliphatic carbocycles. The number of benzene rings is 8. The van der Waals surface area contributed by atoms with E-state index in [4.69, 9.17) is 14.7 Å². The van der Waals surface area contributed by atoms with Gasteiger partial charge in [0.1, 0.15) is 11.5 Å². The monoisotopic (exact) mass is 791 g/mol. The Bertz CT molecular complexity index is 3210. The van der Waals surface area contributed by atoms with E-state index < -0.39 is 5.41 Å². The van der Waals surface area contributed by atoms with Crippen LogP contribution in [0.2, 0.25) is 0 Å². The molecule has 4 nitrogen and oxygen atoms in total. The molecule has 0 fully saturated rings. The lowest BCUT2D eigenvalue weighted by atomic mass is 9.65. The van der Waals surface area contributed by atoms with Crippen LogP contribution in [0.5, 0.6) is 11.5 Å². The number of hydrogen-bond donors (Lipinski definition) is 0. The Morgan fingerprint density at radius 3 is 1.39 bits per heavy atom. The minimum Gasteiger partial charge on any atom is -0.457 e. The van der Waals surface area contributed by atoms with Crippen LogP contribution in [0.3, 0.4) is 0 Å². The topological polar surface area (TPSA) is 47.9 Å². The molecule has 0 radical (unpaired) electrons. The number of ether oxygens (including phenoxy) is 1. The summed E-state index contributed by atoms with van der Waals surface area (Å²) in [6, 6.07) is 77.2. The molecule has 2 aliphatic rings. The molecule has 0 N–H and O–H groups in total. The molecular formula is C58H37N3O.